The summed E-state index contributed by atoms with van der Waals surface area (Å²) in [6, 6.07) is 0. The van der Waals surface area contributed by atoms with Crippen molar-refractivity contribution in [2.45, 2.75) is 12.5 Å². The Bertz CT molecular complexity index is 149. The van der Waals surface area contributed by atoms with Crippen LogP contribution in [0.3, 0.4) is 0 Å². The second-order valence-electron chi connectivity index (χ2n) is 1.66. The van der Waals surface area contributed by atoms with Gasteiger partial charge in [0, 0.05) is 7.11 Å². The predicted molar refractivity (Wildman–Crippen MR) is 42.7 cm³/mol. The van der Waals surface area contributed by atoms with Gasteiger partial charge in [-0.15, -0.1) is 0 Å². The van der Waals surface area contributed by atoms with Crippen molar-refractivity contribution in [3.05, 3.63) is 0 Å². The average Bonchev–Trinajstić information content (AvgIpc) is 1.81. The third-order valence-electron chi connectivity index (χ3n) is 0.920. The molecule has 0 aromatic carbocycles. The molecule has 0 amide bonds. The van der Waals surface area contributed by atoms with E-state index in [2.05, 4.69) is 4.74 Å². The molecule has 1 atom stereocenters. The van der Waals surface area contributed by atoms with Gasteiger partial charge in [-0.3, -0.25) is 4.79 Å². The van der Waals surface area contributed by atoms with Crippen molar-refractivity contribution in [3.63, 3.8) is 0 Å². The van der Waals surface area contributed by atoms with Gasteiger partial charge in [-0.05, 0) is 0 Å². The molecule has 0 saturated heterocycles. The Kier molecular flexibility index (Phi) is 11.3. The highest BCUT2D eigenvalue weighted by Crippen LogP contribution is 1.95. The predicted octanol–water partition coefficient (Wildman–Crippen LogP) is 0.313. The summed E-state index contributed by atoms with van der Waals surface area (Å²) in [5.74, 6) is -2.45. The average molecular weight is 184 g/mol. The first-order chi connectivity index (χ1) is 4.57. The number of aliphatic carboxylic acids is 2. The van der Waals surface area contributed by atoms with Crippen molar-refractivity contribution in [1.82, 2.24) is 12.3 Å². The van der Waals surface area contributed by atoms with E-state index in [4.69, 9.17) is 10.2 Å². The molecule has 0 heterocycles. The fourth-order valence-corrected chi connectivity index (χ4v) is 0.430. The summed E-state index contributed by atoms with van der Waals surface area (Å²) in [5, 5.41) is 16.4. The largest absolute Gasteiger partial charge is 0.481 e. The van der Waals surface area contributed by atoms with E-state index in [1.807, 2.05) is 0 Å². The smallest absolute Gasteiger partial charge is 0.333 e. The molecular formula is C5H16N2O5+2. The van der Waals surface area contributed by atoms with Crippen molar-refractivity contribution in [2.75, 3.05) is 7.11 Å². The number of carbonyl (C=O) groups is 2. The summed E-state index contributed by atoms with van der Waals surface area (Å²) in [5.41, 5.74) is 0. The topological polar surface area (TPSA) is 157 Å². The molecule has 0 saturated carbocycles. The number of methoxy groups -OCH3 is 1. The Morgan fingerprint density at radius 2 is 1.75 bits per heavy atom. The Morgan fingerprint density at radius 1 is 1.33 bits per heavy atom. The Balaban J connectivity index is -0.000000405. The van der Waals surface area contributed by atoms with Crippen LogP contribution in [0.2, 0.25) is 0 Å². The first kappa shape index (κ1) is 17.1. The highest BCUT2D eigenvalue weighted by molar-refractivity contribution is 5.79. The normalized spacial score (nSPS) is 10.4. The fourth-order valence-electron chi connectivity index (χ4n) is 0.430. The van der Waals surface area contributed by atoms with Gasteiger partial charge in [0.1, 0.15) is 0 Å². The first-order valence-corrected chi connectivity index (χ1v) is 2.55. The van der Waals surface area contributed by atoms with Crippen LogP contribution in [-0.4, -0.2) is 35.4 Å². The van der Waals surface area contributed by atoms with E-state index in [-0.39, 0.29) is 12.3 Å². The molecule has 0 unspecified atom stereocenters. The van der Waals surface area contributed by atoms with Gasteiger partial charge in [0.25, 0.3) is 0 Å². The van der Waals surface area contributed by atoms with Crippen LogP contribution in [-0.2, 0) is 14.3 Å². The standard InChI is InChI=1S/C5H8O5.2H3N/c1-10-3(5(8)9)2-4(6)7;;/h3H,2H2,1H3,(H,6,7)(H,8,9);2*1H3/p+2/t3-;;/m0../s1. The van der Waals surface area contributed by atoms with Crippen LogP contribution in [0.25, 0.3) is 0 Å². The number of hydrogen-bond acceptors (Lipinski definition) is 3. The van der Waals surface area contributed by atoms with Gasteiger partial charge in [-0.25, -0.2) is 4.79 Å². The first-order valence-electron chi connectivity index (χ1n) is 2.55. The molecule has 10 N–H and O–H groups in total. The van der Waals surface area contributed by atoms with Crippen LogP contribution >= 0.6 is 0 Å². The number of ether oxygens (including phenoxy) is 1. The second kappa shape index (κ2) is 7.92. The van der Waals surface area contributed by atoms with Crippen LogP contribution in [0.5, 0.6) is 0 Å². The maximum absolute atomic E-state index is 10.1. The molecule has 0 aliphatic rings. The van der Waals surface area contributed by atoms with Crippen molar-refractivity contribution >= 4 is 11.9 Å². The number of quaternary nitrogens is 2. The Hall–Kier alpha value is -1.18. The molecule has 0 aliphatic carbocycles. The van der Waals surface area contributed by atoms with E-state index in [1.54, 1.807) is 0 Å². The SMILES string of the molecule is CO[C@@H](CC(=O)O)C(=O)O.[NH4+].[NH4+]. The minimum atomic E-state index is -1.26. The van der Waals surface area contributed by atoms with E-state index >= 15 is 0 Å². The third-order valence-corrected chi connectivity index (χ3v) is 0.920. The molecule has 0 bridgehead atoms. The minimum Gasteiger partial charge on any atom is -0.481 e. The third kappa shape index (κ3) is 6.93. The van der Waals surface area contributed by atoms with Gasteiger partial charge < -0.3 is 27.3 Å². The summed E-state index contributed by atoms with van der Waals surface area (Å²) >= 11 is 0. The Labute approximate surface area is 69.5 Å². The molecule has 7 nitrogen and oxygen atoms in total. The summed E-state index contributed by atoms with van der Waals surface area (Å²) in [6.45, 7) is 0. The molecule has 12 heavy (non-hydrogen) atoms. The van der Waals surface area contributed by atoms with Crippen LogP contribution in [0.15, 0.2) is 0 Å². The van der Waals surface area contributed by atoms with Crippen LogP contribution in [0.4, 0.5) is 0 Å². The van der Waals surface area contributed by atoms with E-state index in [9.17, 15) is 9.59 Å². The Morgan fingerprint density at radius 3 is 1.83 bits per heavy atom. The second-order valence-corrected chi connectivity index (χ2v) is 1.66. The quantitative estimate of drug-likeness (QED) is 0.494. The van der Waals surface area contributed by atoms with Crippen LogP contribution in [0.1, 0.15) is 6.42 Å². The number of carboxylic acids is 2. The van der Waals surface area contributed by atoms with E-state index in [0.717, 1.165) is 7.11 Å². The van der Waals surface area contributed by atoms with Crippen molar-refractivity contribution < 1.29 is 24.5 Å². The maximum atomic E-state index is 10.1. The fraction of sp³-hybridized carbons (Fsp3) is 0.600. The zero-order valence-corrected chi connectivity index (χ0v) is 7.40. The lowest BCUT2D eigenvalue weighted by Crippen LogP contribution is -2.25. The van der Waals surface area contributed by atoms with Gasteiger partial charge in [0.2, 0.25) is 0 Å². The molecule has 0 aromatic rings. The molecule has 0 radical (unpaired) electrons. The molecule has 0 rings (SSSR count). The van der Waals surface area contributed by atoms with Crippen molar-refractivity contribution in [1.29, 1.82) is 0 Å². The highest BCUT2D eigenvalue weighted by Gasteiger charge is 2.19. The van der Waals surface area contributed by atoms with Gasteiger partial charge >= 0.3 is 11.9 Å². The monoisotopic (exact) mass is 184 g/mol. The van der Waals surface area contributed by atoms with E-state index in [0.29, 0.717) is 0 Å². The molecule has 0 spiro atoms. The van der Waals surface area contributed by atoms with Gasteiger partial charge in [-0.2, -0.15) is 0 Å². The lowest BCUT2D eigenvalue weighted by atomic mass is 10.2. The molecule has 0 fully saturated rings. The molecule has 7 heteroatoms. The van der Waals surface area contributed by atoms with Gasteiger partial charge in [-0.1, -0.05) is 0 Å². The molecular weight excluding hydrogens is 168 g/mol. The maximum Gasteiger partial charge on any atom is 0.333 e. The molecule has 0 aliphatic heterocycles. The van der Waals surface area contributed by atoms with Crippen LogP contribution < -0.4 is 12.3 Å². The van der Waals surface area contributed by atoms with Gasteiger partial charge in [0.05, 0.1) is 6.42 Å². The summed E-state index contributed by atoms with van der Waals surface area (Å²) < 4.78 is 4.34. The lowest BCUT2D eigenvalue weighted by Gasteiger charge is -2.05. The van der Waals surface area contributed by atoms with Crippen LogP contribution in [0, 0.1) is 0 Å². The van der Waals surface area contributed by atoms with E-state index in [1.165, 1.54) is 0 Å². The van der Waals surface area contributed by atoms with E-state index < -0.39 is 24.5 Å². The number of hydrogen-bond donors (Lipinski definition) is 4. The zero-order chi connectivity index (χ0) is 8.15. The molecule has 74 valence electrons. The zero-order valence-electron chi connectivity index (χ0n) is 7.40. The van der Waals surface area contributed by atoms with Crippen molar-refractivity contribution in [2.24, 2.45) is 0 Å². The van der Waals surface area contributed by atoms with Crippen molar-refractivity contribution in [3.8, 4) is 0 Å². The summed E-state index contributed by atoms with van der Waals surface area (Å²) in [4.78, 5) is 20.0. The number of carboxylic acid groups (broad SMARTS) is 2. The molecule has 0 aromatic heterocycles. The minimum absolute atomic E-state index is 0. The van der Waals surface area contributed by atoms with Gasteiger partial charge in [0.15, 0.2) is 6.10 Å². The summed E-state index contributed by atoms with van der Waals surface area (Å²) in [6.07, 6.45) is -1.75. The lowest BCUT2D eigenvalue weighted by molar-refractivity contribution is -0.154. The number of rotatable bonds is 4. The highest BCUT2D eigenvalue weighted by atomic mass is 16.5. The summed E-state index contributed by atoms with van der Waals surface area (Å²) in [7, 11) is 1.15.